The van der Waals surface area contributed by atoms with Crippen molar-refractivity contribution in [3.05, 3.63) is 23.8 Å². The number of likely N-dealkylation sites (N-methyl/N-ethyl adjacent to an activating group) is 1. The molecule has 0 aromatic carbocycles. The molecule has 0 bridgehead atoms. The highest BCUT2D eigenvalue weighted by Crippen LogP contribution is 2.33. The van der Waals surface area contributed by atoms with E-state index in [9.17, 15) is 24.9 Å². The van der Waals surface area contributed by atoms with Crippen molar-refractivity contribution in [1.82, 2.24) is 0 Å². The molecule has 2 aliphatic heterocycles. The number of hydrogen-bond acceptors (Lipinski definition) is 8. The van der Waals surface area contributed by atoms with Gasteiger partial charge in [-0.1, -0.05) is 58.8 Å². The predicted octanol–water partition coefficient (Wildman–Crippen LogP) is 1.83. The van der Waals surface area contributed by atoms with Crippen molar-refractivity contribution in [3.8, 4) is 0 Å². The molecule has 9 heteroatoms. The number of carbonyl (C=O) groups is 2. The fourth-order valence-corrected chi connectivity index (χ4v) is 6.06. The molecule has 0 amide bonds. The Labute approximate surface area is 240 Å². The Morgan fingerprint density at radius 1 is 1.00 bits per heavy atom. The molecule has 4 N–H and O–H groups in total. The van der Waals surface area contributed by atoms with Crippen molar-refractivity contribution in [2.75, 3.05) is 14.1 Å². The largest absolute Gasteiger partial charge is 0.462 e. The van der Waals surface area contributed by atoms with Crippen LogP contribution >= 0.6 is 0 Å². The van der Waals surface area contributed by atoms with E-state index in [2.05, 4.69) is 0 Å². The van der Waals surface area contributed by atoms with Gasteiger partial charge in [-0.15, -0.1) is 0 Å². The third-order valence-corrected chi connectivity index (χ3v) is 8.74. The number of rotatable bonds is 5. The minimum absolute atomic E-state index is 0.00154. The van der Waals surface area contributed by atoms with Crippen LogP contribution in [0.3, 0.4) is 0 Å². The van der Waals surface area contributed by atoms with Gasteiger partial charge in [-0.25, -0.2) is 0 Å². The van der Waals surface area contributed by atoms with Crippen LogP contribution < -0.4 is 4.90 Å². The predicted molar refractivity (Wildman–Crippen MR) is 152 cm³/mol. The maximum Gasteiger partial charge on any atom is 0.308 e. The van der Waals surface area contributed by atoms with E-state index < -0.39 is 54.7 Å². The molecule has 0 aliphatic carbocycles. The Morgan fingerprint density at radius 3 is 2.23 bits per heavy atom. The van der Waals surface area contributed by atoms with Gasteiger partial charge < -0.3 is 34.4 Å². The summed E-state index contributed by atoms with van der Waals surface area (Å²) in [5, 5.41) is 33.1. The van der Waals surface area contributed by atoms with Crippen LogP contribution in [0.15, 0.2) is 23.8 Å². The van der Waals surface area contributed by atoms with Crippen molar-refractivity contribution in [2.45, 2.75) is 123 Å². The van der Waals surface area contributed by atoms with Crippen LogP contribution in [0, 0.1) is 23.7 Å². The number of quaternary nitrogens is 1. The fourth-order valence-electron chi connectivity index (χ4n) is 6.06. The number of ketones is 1. The SMILES string of the molecule is CC[C@H]1C[C@@H](C)C(=O)/C=C/C(C)=C/[C@H](C)[C@@H](CC)OC(=O)C[C@@H](O)[C@H](C)[C@H]1O[C@@H]1O[C@H](C)[C@@H](O)[C@H]([NH+](C)C)[C@H]1O. The number of carbonyl (C=O) groups excluding carboxylic acids is 2. The van der Waals surface area contributed by atoms with Crippen molar-refractivity contribution >= 4 is 11.8 Å². The number of ether oxygens (including phenoxy) is 3. The Morgan fingerprint density at radius 2 is 1.65 bits per heavy atom. The summed E-state index contributed by atoms with van der Waals surface area (Å²) in [7, 11) is 3.71. The lowest BCUT2D eigenvalue weighted by Crippen LogP contribution is -3.14. The summed E-state index contributed by atoms with van der Waals surface area (Å²) in [6.45, 7) is 13.3. The second-order valence-electron chi connectivity index (χ2n) is 12.3. The average Bonchev–Trinajstić information content (AvgIpc) is 2.89. The second-order valence-corrected chi connectivity index (χ2v) is 12.3. The Balaban J connectivity index is 2.45. The molecule has 0 spiro atoms. The molecule has 1 saturated heterocycles. The lowest BCUT2D eigenvalue weighted by Gasteiger charge is -2.45. The van der Waals surface area contributed by atoms with Crippen molar-refractivity contribution in [3.63, 3.8) is 0 Å². The van der Waals surface area contributed by atoms with Crippen LogP contribution in [-0.4, -0.2) is 90.1 Å². The molecule has 0 saturated carbocycles. The zero-order valence-electron chi connectivity index (χ0n) is 25.9. The van der Waals surface area contributed by atoms with Crippen molar-refractivity contribution in [1.29, 1.82) is 0 Å². The first-order valence-electron chi connectivity index (χ1n) is 15.0. The summed E-state index contributed by atoms with van der Waals surface area (Å²) in [5.74, 6) is -1.57. The number of esters is 1. The molecular weight excluding hydrogens is 514 g/mol. The van der Waals surface area contributed by atoms with Crippen LogP contribution in [0.4, 0.5) is 0 Å². The Bertz CT molecular complexity index is 889. The molecule has 2 heterocycles. The van der Waals surface area contributed by atoms with Gasteiger partial charge in [0.25, 0.3) is 0 Å². The van der Waals surface area contributed by atoms with Gasteiger partial charge in [0.1, 0.15) is 18.2 Å². The van der Waals surface area contributed by atoms with Gasteiger partial charge in [0.05, 0.1) is 38.8 Å². The smallest absolute Gasteiger partial charge is 0.308 e. The number of allylic oxidation sites excluding steroid dienone is 3. The summed E-state index contributed by atoms with van der Waals surface area (Å²) < 4.78 is 18.2. The van der Waals surface area contributed by atoms with E-state index >= 15 is 0 Å². The van der Waals surface area contributed by atoms with Crippen molar-refractivity contribution in [2.24, 2.45) is 23.7 Å². The highest BCUT2D eigenvalue weighted by molar-refractivity contribution is 5.91. The number of hydrogen-bond donors (Lipinski definition) is 4. The summed E-state index contributed by atoms with van der Waals surface area (Å²) in [4.78, 5) is 26.9. The standard InChI is InChI=1S/C31H53NO8/c1-10-22-15-18(4)23(33)13-12-17(3)14-19(5)25(11-2)39-26(35)16-24(34)20(6)30(22)40-31-29(37)27(32(8)9)28(36)21(7)38-31/h12-14,18-22,24-25,27-31,34,36-37H,10-11,15-16H2,1-9H3/p+1/b13-12+,17-14+/t18-,19+,20+,21-,22+,24-,25-,27+,28-,29-,30-,31+/m1/s1. The van der Waals surface area contributed by atoms with Gasteiger partial charge in [-0.3, -0.25) is 9.59 Å². The van der Waals surface area contributed by atoms with Gasteiger partial charge in [-0.05, 0) is 38.7 Å². The molecule has 12 atom stereocenters. The normalized spacial score (nSPS) is 43.2. The first kappa shape index (κ1) is 34.6. The van der Waals surface area contributed by atoms with Gasteiger partial charge in [0, 0.05) is 17.8 Å². The highest BCUT2D eigenvalue weighted by atomic mass is 16.7. The third kappa shape index (κ3) is 8.94. The minimum atomic E-state index is -1.12. The first-order chi connectivity index (χ1) is 18.7. The topological polar surface area (TPSA) is 127 Å². The number of nitrogens with one attached hydrogen (secondary N) is 1. The number of aliphatic hydroxyl groups excluding tert-OH is 3. The molecule has 0 radical (unpaired) electrons. The van der Waals surface area contributed by atoms with Crippen LogP contribution in [0.1, 0.15) is 74.1 Å². The molecule has 40 heavy (non-hydrogen) atoms. The lowest BCUT2D eigenvalue weighted by molar-refractivity contribution is -0.897. The maximum atomic E-state index is 13.1. The Hall–Kier alpha value is -1.62. The van der Waals surface area contributed by atoms with Gasteiger partial charge in [0.15, 0.2) is 18.2 Å². The summed E-state index contributed by atoms with van der Waals surface area (Å²) >= 11 is 0. The summed E-state index contributed by atoms with van der Waals surface area (Å²) in [6.07, 6.45) is 1.25. The monoisotopic (exact) mass is 568 g/mol. The third-order valence-electron chi connectivity index (χ3n) is 8.74. The zero-order chi connectivity index (χ0) is 30.3. The minimum Gasteiger partial charge on any atom is -0.462 e. The van der Waals surface area contributed by atoms with Crippen molar-refractivity contribution < 1.29 is 44.0 Å². The van der Waals surface area contributed by atoms with Crippen LogP contribution in [0.2, 0.25) is 0 Å². The molecule has 0 unspecified atom stereocenters. The summed E-state index contributed by atoms with van der Waals surface area (Å²) in [6, 6.07) is -0.537. The quantitative estimate of drug-likeness (QED) is 0.370. The number of cyclic esters (lactones) is 1. The van der Waals surface area contributed by atoms with E-state index in [1.807, 2.05) is 61.7 Å². The lowest BCUT2D eigenvalue weighted by atomic mass is 9.80. The van der Waals surface area contributed by atoms with E-state index in [0.29, 0.717) is 19.3 Å². The summed E-state index contributed by atoms with van der Waals surface area (Å²) in [5.41, 5.74) is 0.911. The molecule has 2 aliphatic rings. The van der Waals surface area contributed by atoms with Crippen LogP contribution in [-0.2, 0) is 23.8 Å². The number of aliphatic hydroxyl groups is 3. The van der Waals surface area contributed by atoms with E-state index in [1.54, 1.807) is 19.1 Å². The van der Waals surface area contributed by atoms with E-state index in [4.69, 9.17) is 14.2 Å². The second kappa shape index (κ2) is 15.6. The molecule has 0 aromatic heterocycles. The van der Waals surface area contributed by atoms with Crippen LogP contribution in [0.5, 0.6) is 0 Å². The first-order valence-corrected chi connectivity index (χ1v) is 15.0. The highest BCUT2D eigenvalue weighted by Gasteiger charge is 2.49. The van der Waals surface area contributed by atoms with Gasteiger partial charge in [0.2, 0.25) is 0 Å². The zero-order valence-corrected chi connectivity index (χ0v) is 25.9. The van der Waals surface area contributed by atoms with E-state index in [0.717, 1.165) is 10.5 Å². The maximum absolute atomic E-state index is 13.1. The molecule has 9 nitrogen and oxygen atoms in total. The van der Waals surface area contributed by atoms with Crippen LogP contribution in [0.25, 0.3) is 0 Å². The van der Waals surface area contributed by atoms with Gasteiger partial charge >= 0.3 is 5.97 Å². The van der Waals surface area contributed by atoms with E-state index in [1.165, 1.54) is 0 Å². The molecule has 230 valence electrons. The Kier molecular flexibility index (Phi) is 13.5. The fraction of sp³-hybridized carbons (Fsp3) is 0.806. The van der Waals surface area contributed by atoms with Gasteiger partial charge in [-0.2, -0.15) is 0 Å². The molecule has 2 rings (SSSR count). The molecular formula is C31H54NO8+. The molecule has 1 fully saturated rings. The average molecular weight is 569 g/mol. The molecule has 0 aromatic rings. The van der Waals surface area contributed by atoms with E-state index in [-0.39, 0.29) is 36.1 Å².